The van der Waals surface area contributed by atoms with Crippen LogP contribution in [-0.2, 0) is 22.7 Å². The second kappa shape index (κ2) is 41.9. The third kappa shape index (κ3) is 21.0. The lowest BCUT2D eigenvalue weighted by Gasteiger charge is -2.17. The molecule has 16 rings (SSSR count). The van der Waals surface area contributed by atoms with Gasteiger partial charge in [0.25, 0.3) is 82.7 Å². The molecule has 9 aromatic carbocycles. The first-order valence-electron chi connectivity index (χ1n) is 38.1. The Morgan fingerprint density at radius 2 is 0.597 bits per heavy atom. The van der Waals surface area contributed by atoms with Crippen molar-refractivity contribution in [1.29, 1.82) is 0 Å². The molecule has 31 heteroatoms. The maximum atomic E-state index is 12.1. The maximum absolute atomic E-state index is 12.1. The van der Waals surface area contributed by atoms with Gasteiger partial charge in [-0.2, -0.15) is 11.8 Å². The van der Waals surface area contributed by atoms with E-state index in [2.05, 4.69) is 44.9 Å². The summed E-state index contributed by atoms with van der Waals surface area (Å²) in [7, 11) is 1.54. The number of thioether (sulfide) groups is 1. The number of ether oxygens (including phenoxy) is 1. The van der Waals surface area contributed by atoms with Crippen LogP contribution in [0.25, 0.3) is 0 Å². The summed E-state index contributed by atoms with van der Waals surface area (Å²) in [5.74, 6) is -3.52. The Morgan fingerprint density at radius 3 is 0.891 bits per heavy atom. The molecule has 0 aliphatic carbocycles. The fraction of sp³-hybridized carbons (Fsp3) is 0.216. The van der Waals surface area contributed by atoms with E-state index in [1.165, 1.54) is 0 Å². The molecular formula is C88H88N14O16S. The molecule has 0 bridgehead atoms. The molecule has 612 valence electrons. The Labute approximate surface area is 690 Å². The van der Waals surface area contributed by atoms with Crippen LogP contribution in [0.5, 0.6) is 0 Å². The first-order chi connectivity index (χ1) is 57.4. The van der Waals surface area contributed by atoms with E-state index < -0.39 is 17.8 Å². The molecule has 0 saturated carbocycles. The van der Waals surface area contributed by atoms with Crippen LogP contribution in [0.2, 0.25) is 0 Å². The molecule has 7 aliphatic rings. The molecule has 30 nitrogen and oxygen atoms in total. The standard InChI is InChI=1S/C17H14N2O4.C15H12N2O2.C13H16N2O2.C12H14N2O2.C11H12N2O2S.C11H12N2O2.C9H8N2O2/c20-15(23-11-12-6-2-1-3-7-12)10-18-19-16(21)13-8-4-5-9-14(13)17(19)22;18-14-12-8-4-5-9-13(12)15(19)17(14)16-10-11-6-2-1-3-7-11;1-2-3-6-9-14-15-12(16)10-7-4-5-8-11(10)13(15)17;1-8(2)7-13-14-11(15)9-5-3-4-6-10(9)12(14)16;1-16-7-6-12-13-10(14)8-4-2-3-5-9(8)11(13)15;1-7(2)12-13-10(14)8-5-3-4-6-9(8)11(13)15;1-10-11-8(12)6-4-2-3-5-7(6)9(11)13/h1-9,18H,10-11H2;1-9,16H,10H2;4-5,7-8,14H,2-3,6,9H2,1H3;3-6,8,13H,7H2,1-2H3;2-5,12H,6-7H2,1H3;3-7,12H,1-2H3;2-5,10H,1H3. The number of unbranched alkanes of at least 4 members (excludes halogenated alkanes) is 2. The molecule has 0 atom stereocenters. The molecule has 119 heavy (non-hydrogen) atoms. The van der Waals surface area contributed by atoms with Crippen molar-refractivity contribution in [3.05, 3.63) is 320 Å². The quantitative estimate of drug-likeness (QED) is 0.0178. The molecule has 0 saturated heterocycles. The van der Waals surface area contributed by atoms with Crippen LogP contribution in [0, 0.1) is 5.92 Å². The van der Waals surface area contributed by atoms with Crippen molar-refractivity contribution in [3.8, 4) is 0 Å². The fourth-order valence-electron chi connectivity index (χ4n) is 12.4. The zero-order valence-electron chi connectivity index (χ0n) is 66.2. The average Bonchev–Trinajstić information content (AvgIpc) is 1.61. The predicted octanol–water partition coefficient (Wildman–Crippen LogP) is 9.70. The summed E-state index contributed by atoms with van der Waals surface area (Å²) in [5.41, 5.74) is 27.5. The van der Waals surface area contributed by atoms with Gasteiger partial charge in [0.1, 0.15) is 13.2 Å². The monoisotopic (exact) mass is 1630 g/mol. The molecule has 0 radical (unpaired) electrons. The van der Waals surface area contributed by atoms with Crippen molar-refractivity contribution in [1.82, 2.24) is 73.0 Å². The highest BCUT2D eigenvalue weighted by Crippen LogP contribution is 2.27. The number of rotatable bonds is 23. The van der Waals surface area contributed by atoms with Gasteiger partial charge in [0.05, 0.1) is 77.9 Å². The van der Waals surface area contributed by atoms with Crippen LogP contribution >= 0.6 is 11.8 Å². The first-order valence-corrected chi connectivity index (χ1v) is 39.5. The summed E-state index contributed by atoms with van der Waals surface area (Å²) in [6, 6.07) is 66.5. The Hall–Kier alpha value is -13.5. The minimum Gasteiger partial charge on any atom is -0.460 e. The lowest BCUT2D eigenvalue weighted by molar-refractivity contribution is -0.144. The summed E-state index contributed by atoms with van der Waals surface area (Å²) >= 11 is 1.66. The fourth-order valence-corrected chi connectivity index (χ4v) is 12.7. The van der Waals surface area contributed by atoms with E-state index in [0.717, 1.165) is 71.2 Å². The Kier molecular flexibility index (Phi) is 30.9. The highest BCUT2D eigenvalue weighted by atomic mass is 32.2. The van der Waals surface area contributed by atoms with Crippen LogP contribution in [0.3, 0.4) is 0 Å². The molecular weight excluding hydrogens is 1540 g/mol. The molecule has 0 unspecified atom stereocenters. The van der Waals surface area contributed by atoms with E-state index >= 15 is 0 Å². The molecule has 0 spiro atoms. The minimum atomic E-state index is -0.551. The molecule has 14 amide bonds. The number of hydrogen-bond donors (Lipinski definition) is 7. The molecule has 7 aliphatic heterocycles. The van der Waals surface area contributed by atoms with Gasteiger partial charge in [-0.05, 0) is 128 Å². The summed E-state index contributed by atoms with van der Waals surface area (Å²) in [6.45, 7) is 12.1. The number of hydrazine groups is 7. The number of carbonyl (C=O) groups excluding carboxylic acids is 15. The molecule has 0 aromatic heterocycles. The Balaban J connectivity index is 0.000000147. The molecule has 7 heterocycles. The summed E-state index contributed by atoms with van der Waals surface area (Å²) in [5, 5.41) is 7.33. The normalized spacial score (nSPS) is 14.2. The second-order valence-corrected chi connectivity index (χ2v) is 28.5. The number of fused-ring (bicyclic) bond motifs is 7. The van der Waals surface area contributed by atoms with Gasteiger partial charge in [-0.1, -0.05) is 179 Å². The number of hydrogen-bond acceptors (Lipinski definition) is 24. The topological polar surface area (TPSA) is 372 Å². The lowest BCUT2D eigenvalue weighted by Crippen LogP contribution is -2.45. The van der Waals surface area contributed by atoms with Gasteiger partial charge >= 0.3 is 5.97 Å². The average molecular weight is 1630 g/mol. The van der Waals surface area contributed by atoms with Gasteiger partial charge in [0, 0.05) is 45.0 Å². The zero-order chi connectivity index (χ0) is 85.4. The number of esters is 1. The SMILES string of the molecule is CC(C)CNN1C(=O)c2ccccc2C1=O.CC(C)NN1C(=O)c2ccccc2C1=O.CCCCCNN1C(=O)c2ccccc2C1=O.CNN1C(=O)c2ccccc2C1=O.CSCCNN1C(=O)c2ccccc2C1=O.O=C(CNN1C(=O)c2ccccc2C1=O)OCc1ccccc1.O=C1c2ccccc2C(=O)N1NCc1ccccc1. The van der Waals surface area contributed by atoms with Crippen LogP contribution in [-0.4, -0.2) is 175 Å². The smallest absolute Gasteiger partial charge is 0.322 e. The Morgan fingerprint density at radius 1 is 0.328 bits per heavy atom. The van der Waals surface area contributed by atoms with Gasteiger partial charge in [0.15, 0.2) is 0 Å². The van der Waals surface area contributed by atoms with Gasteiger partial charge in [-0.25, -0.2) is 73.0 Å². The van der Waals surface area contributed by atoms with Crippen molar-refractivity contribution < 1.29 is 76.7 Å². The number of nitrogens with one attached hydrogen (secondary N) is 7. The van der Waals surface area contributed by atoms with Crippen molar-refractivity contribution >= 4 is 100 Å². The number of benzene rings is 9. The first kappa shape index (κ1) is 87.9. The van der Waals surface area contributed by atoms with Crippen molar-refractivity contribution in [2.45, 2.75) is 73.1 Å². The number of amides is 14. The van der Waals surface area contributed by atoms with Crippen LogP contribution in [0.4, 0.5) is 0 Å². The number of carbonyl (C=O) groups is 15. The highest BCUT2D eigenvalue weighted by molar-refractivity contribution is 7.98. The maximum Gasteiger partial charge on any atom is 0.322 e. The van der Waals surface area contributed by atoms with E-state index in [-0.39, 0.29) is 90.1 Å². The van der Waals surface area contributed by atoms with E-state index in [0.29, 0.717) is 110 Å². The number of imide groups is 7. The van der Waals surface area contributed by atoms with E-state index in [9.17, 15) is 71.9 Å². The van der Waals surface area contributed by atoms with E-state index in [4.69, 9.17) is 4.74 Å². The van der Waals surface area contributed by atoms with Crippen LogP contribution in [0.15, 0.2) is 231 Å². The summed E-state index contributed by atoms with van der Waals surface area (Å²) in [4.78, 5) is 178. The molecule has 7 N–H and O–H groups in total. The molecule has 9 aromatic rings. The molecule has 0 fully saturated rings. The van der Waals surface area contributed by atoms with E-state index in [1.54, 1.807) is 189 Å². The zero-order valence-corrected chi connectivity index (χ0v) is 67.1. The van der Waals surface area contributed by atoms with Crippen LogP contribution < -0.4 is 38.0 Å². The third-order valence-electron chi connectivity index (χ3n) is 18.4. The number of nitrogens with zero attached hydrogens (tertiary/aromatic N) is 7. The van der Waals surface area contributed by atoms with E-state index in [1.807, 2.05) is 94.6 Å². The largest absolute Gasteiger partial charge is 0.460 e. The second-order valence-electron chi connectivity index (χ2n) is 27.5. The van der Waals surface area contributed by atoms with Crippen molar-refractivity contribution in [2.75, 3.05) is 45.2 Å². The summed E-state index contributed by atoms with van der Waals surface area (Å²) < 4.78 is 5.08. The van der Waals surface area contributed by atoms with Crippen molar-refractivity contribution in [2.24, 2.45) is 5.92 Å². The third-order valence-corrected chi connectivity index (χ3v) is 19.0. The van der Waals surface area contributed by atoms with Gasteiger partial charge in [-0.15, -0.1) is 0 Å². The van der Waals surface area contributed by atoms with Crippen molar-refractivity contribution in [3.63, 3.8) is 0 Å². The minimum absolute atomic E-state index is 0.0483. The Bertz CT molecular complexity index is 5090. The van der Waals surface area contributed by atoms with Crippen LogP contribution in [0.1, 0.15) is 210 Å². The van der Waals surface area contributed by atoms with Gasteiger partial charge in [0.2, 0.25) is 0 Å². The summed E-state index contributed by atoms with van der Waals surface area (Å²) in [6.07, 6.45) is 5.15. The predicted molar refractivity (Wildman–Crippen MR) is 440 cm³/mol. The highest BCUT2D eigenvalue weighted by Gasteiger charge is 2.41. The van der Waals surface area contributed by atoms with Gasteiger partial charge < -0.3 is 4.74 Å². The van der Waals surface area contributed by atoms with Gasteiger partial charge in [-0.3, -0.25) is 71.9 Å². The lowest BCUT2D eigenvalue weighted by atomic mass is 10.1.